The SMILES string of the molecule is CC(C)(C)c1ccc(CC(NC(=O)C(CCC(N)=O)NC(=O)[C@@H]2CC[C@@H]3CCN(CC(F)F)C[C@H](NC(=O)c4cc5cc(C(F)(F)P(=O)(O)O)ccc5s4)C(=O)N32)C(=O)N2CCC(CCCNc3cccc4c3CN(C3CCC(=O)NC3=O)C4=O)CC2)cc1. The van der Waals surface area contributed by atoms with Crippen LogP contribution in [0.5, 0.6) is 0 Å². The maximum Gasteiger partial charge on any atom is 0.399 e. The molecule has 0 spiro atoms. The predicted molar refractivity (Wildman–Crippen MR) is 320 cm³/mol. The van der Waals surface area contributed by atoms with Gasteiger partial charge in [0.1, 0.15) is 30.2 Å². The number of halogens is 4. The summed E-state index contributed by atoms with van der Waals surface area (Å²) in [6, 6.07) is 10.3. The topological polar surface area (TPSA) is 310 Å². The lowest BCUT2D eigenvalue weighted by molar-refractivity contribution is -0.144. The van der Waals surface area contributed by atoms with E-state index in [1.165, 1.54) is 20.8 Å². The number of fused-ring (bicyclic) bond motifs is 3. The van der Waals surface area contributed by atoms with Crippen LogP contribution in [0.3, 0.4) is 0 Å². The van der Waals surface area contributed by atoms with Crippen LogP contribution < -0.4 is 32.3 Å². The normalized spacial score (nSPS) is 21.2. The molecule has 480 valence electrons. The monoisotopic (exact) mass is 1280 g/mol. The lowest BCUT2D eigenvalue weighted by Gasteiger charge is -2.39. The Morgan fingerprint density at radius 1 is 0.865 bits per heavy atom. The van der Waals surface area contributed by atoms with Crippen molar-refractivity contribution in [2.75, 3.05) is 44.6 Å². The molecule has 9 N–H and O–H groups in total. The Hall–Kier alpha value is -7.32. The highest BCUT2D eigenvalue weighted by atomic mass is 32.1. The third kappa shape index (κ3) is 15.5. The number of hydrogen-bond acceptors (Lipinski definition) is 13. The Bertz CT molecular complexity index is 3430. The number of rotatable bonds is 22. The molecule has 9 amide bonds. The van der Waals surface area contributed by atoms with Gasteiger partial charge in [0.05, 0.1) is 11.4 Å². The standard InChI is InChI=1S/C61H75F4N10O12PS/c1-60(2,3)37-11-9-35(10-12-37)28-44(58(83)73-26-21-34(22-27-73)6-5-24-67-42-8-4-7-40-41(42)31-74(57(40)82)46-17-20-52(77)71-54(46)79)69-53(78)43(15-19-51(66)76)68-55(80)47-16-14-39-23-25-72(33-50(62)63)32-45(59(84)75(39)47)70-56(81)49-30-36-29-38(13-18-48(36)89-49)61(64,65)88(85,86)87/h4,7-13,18,29-30,34,39,43-47,50,67H,5-6,14-17,19-28,31-33H2,1-3H3,(H2,66,76)(H,68,80)(H,69,78)(H,70,81)(H,71,77,79)(H2,85,86,87)/t39-,43?,44?,45+,46?,47+/m1/s1. The molecule has 4 saturated heterocycles. The van der Waals surface area contributed by atoms with Crippen LogP contribution in [0, 0.1) is 5.92 Å². The van der Waals surface area contributed by atoms with Crippen LogP contribution in [0.15, 0.2) is 66.7 Å². The van der Waals surface area contributed by atoms with Gasteiger partial charge < -0.3 is 51.5 Å². The third-order valence-electron chi connectivity index (χ3n) is 17.5. The molecule has 0 bridgehead atoms. The highest BCUT2D eigenvalue weighted by Crippen LogP contribution is 2.59. The number of nitrogens with two attached hydrogens (primary N) is 1. The zero-order chi connectivity index (χ0) is 64.3. The number of nitrogens with one attached hydrogen (secondary N) is 5. The number of alkyl halides is 4. The Kier molecular flexibility index (Phi) is 20.4. The van der Waals surface area contributed by atoms with Gasteiger partial charge in [0.2, 0.25) is 41.4 Å². The molecule has 3 unspecified atom stereocenters. The zero-order valence-electron chi connectivity index (χ0n) is 49.6. The van der Waals surface area contributed by atoms with Crippen molar-refractivity contribution in [3.8, 4) is 0 Å². The molecule has 3 aromatic carbocycles. The van der Waals surface area contributed by atoms with E-state index in [1.807, 2.05) is 30.3 Å². The van der Waals surface area contributed by atoms with Crippen molar-refractivity contribution in [3.63, 3.8) is 0 Å². The van der Waals surface area contributed by atoms with E-state index < -0.39 is 110 Å². The first-order valence-electron chi connectivity index (χ1n) is 29.9. The molecule has 9 rings (SSSR count). The quantitative estimate of drug-likeness (QED) is 0.0217. The van der Waals surface area contributed by atoms with E-state index in [0.29, 0.717) is 38.0 Å². The molecular formula is C61H75F4N10O12PS. The van der Waals surface area contributed by atoms with Crippen molar-refractivity contribution in [3.05, 3.63) is 99.4 Å². The molecule has 0 aliphatic carbocycles. The average molecular weight is 1280 g/mol. The minimum absolute atomic E-state index is 0.0300. The van der Waals surface area contributed by atoms with Gasteiger partial charge in [-0.3, -0.25) is 57.9 Å². The minimum Gasteiger partial charge on any atom is -0.385 e. The van der Waals surface area contributed by atoms with E-state index >= 15 is 0 Å². The number of amides is 9. The van der Waals surface area contributed by atoms with Gasteiger partial charge in [-0.1, -0.05) is 57.2 Å². The number of thiophene rings is 1. The lowest BCUT2D eigenvalue weighted by atomic mass is 9.86. The van der Waals surface area contributed by atoms with Gasteiger partial charge >= 0.3 is 13.3 Å². The van der Waals surface area contributed by atoms with E-state index in [2.05, 4.69) is 47.4 Å². The molecule has 1 aromatic heterocycles. The van der Waals surface area contributed by atoms with Crippen LogP contribution in [-0.2, 0) is 62.2 Å². The maximum atomic E-state index is 14.8. The first-order chi connectivity index (χ1) is 42.1. The lowest BCUT2D eigenvalue weighted by Crippen LogP contribution is -2.62. The average Bonchev–Trinajstić information content (AvgIpc) is 1.77. The van der Waals surface area contributed by atoms with Crippen molar-refractivity contribution in [2.24, 2.45) is 11.7 Å². The number of piperidine rings is 2. The van der Waals surface area contributed by atoms with Gasteiger partial charge in [-0.2, -0.15) is 8.78 Å². The fraction of sp³-hybridized carbons (Fsp3) is 0.525. The maximum absolute atomic E-state index is 14.8. The summed E-state index contributed by atoms with van der Waals surface area (Å²) in [5.41, 5.74) is 3.71. The Morgan fingerprint density at radius 3 is 2.26 bits per heavy atom. The summed E-state index contributed by atoms with van der Waals surface area (Å²) in [5, 5.41) is 14.0. The molecule has 4 fully saturated rings. The van der Waals surface area contributed by atoms with Crippen LogP contribution in [-0.4, -0.2) is 164 Å². The summed E-state index contributed by atoms with van der Waals surface area (Å²) in [6.45, 7) is 6.66. The smallest absolute Gasteiger partial charge is 0.385 e. The molecule has 22 nitrogen and oxygen atoms in total. The number of nitrogens with zero attached hydrogens (tertiary/aromatic N) is 4. The van der Waals surface area contributed by atoms with Crippen LogP contribution in [0.25, 0.3) is 10.1 Å². The van der Waals surface area contributed by atoms with Crippen LogP contribution in [0.4, 0.5) is 23.2 Å². The van der Waals surface area contributed by atoms with E-state index in [-0.39, 0.29) is 108 Å². The van der Waals surface area contributed by atoms with E-state index in [0.717, 1.165) is 64.8 Å². The summed E-state index contributed by atoms with van der Waals surface area (Å²) in [6.07, 6.45) is 0.402. The Morgan fingerprint density at radius 2 is 1.58 bits per heavy atom. The summed E-state index contributed by atoms with van der Waals surface area (Å²) in [4.78, 5) is 147. The third-order valence-corrected chi connectivity index (χ3v) is 19.6. The van der Waals surface area contributed by atoms with Crippen molar-refractivity contribution < 1.29 is 75.1 Å². The second kappa shape index (κ2) is 27.4. The molecule has 6 heterocycles. The van der Waals surface area contributed by atoms with Gasteiger partial charge in [-0.05, 0) is 116 Å². The molecule has 6 atom stereocenters. The molecule has 0 saturated carbocycles. The zero-order valence-corrected chi connectivity index (χ0v) is 51.3. The van der Waals surface area contributed by atoms with Crippen molar-refractivity contribution in [2.45, 2.75) is 158 Å². The minimum atomic E-state index is -5.93. The number of carbonyl (C=O) groups excluding carboxylic acids is 9. The van der Waals surface area contributed by atoms with Crippen LogP contribution in [0.1, 0.15) is 134 Å². The second-order valence-corrected chi connectivity index (χ2v) is 27.5. The van der Waals surface area contributed by atoms with Gasteiger partial charge in [0.15, 0.2) is 0 Å². The van der Waals surface area contributed by atoms with Gasteiger partial charge in [0.25, 0.3) is 18.2 Å². The number of benzene rings is 3. The highest BCUT2D eigenvalue weighted by molar-refractivity contribution is 7.52. The number of likely N-dealkylation sites (tertiary alicyclic amines) is 1. The fourth-order valence-electron chi connectivity index (χ4n) is 12.6. The van der Waals surface area contributed by atoms with Crippen molar-refractivity contribution in [1.29, 1.82) is 0 Å². The Balaban J connectivity index is 0.861. The first kappa shape index (κ1) is 66.1. The molecule has 0 radical (unpaired) electrons. The number of hydrogen-bond donors (Lipinski definition) is 8. The molecule has 5 aliphatic rings. The molecule has 5 aliphatic heterocycles. The molecular weight excluding hydrogens is 1200 g/mol. The van der Waals surface area contributed by atoms with Crippen LogP contribution >= 0.6 is 18.9 Å². The van der Waals surface area contributed by atoms with Crippen molar-refractivity contribution >= 4 is 87.9 Å². The van der Waals surface area contributed by atoms with Crippen LogP contribution in [0.2, 0.25) is 0 Å². The number of imide groups is 1. The Labute approximate surface area is 515 Å². The van der Waals surface area contributed by atoms with E-state index in [9.17, 15) is 75.1 Å². The van der Waals surface area contributed by atoms with Gasteiger partial charge in [-0.25, -0.2) is 8.78 Å². The van der Waals surface area contributed by atoms with Gasteiger partial charge in [-0.15, -0.1) is 11.3 Å². The number of carbonyl (C=O) groups is 9. The molecule has 89 heavy (non-hydrogen) atoms. The summed E-state index contributed by atoms with van der Waals surface area (Å²) in [5.74, 6) is -5.29. The fourth-order valence-corrected chi connectivity index (χ4v) is 14.0. The van der Waals surface area contributed by atoms with E-state index in [4.69, 9.17) is 5.73 Å². The summed E-state index contributed by atoms with van der Waals surface area (Å²) < 4.78 is 69.1. The predicted octanol–water partition coefficient (Wildman–Crippen LogP) is 5.22. The summed E-state index contributed by atoms with van der Waals surface area (Å²) >= 11 is 0.817. The van der Waals surface area contributed by atoms with Gasteiger partial charge in [0, 0.05) is 91.7 Å². The molecule has 28 heteroatoms. The summed E-state index contributed by atoms with van der Waals surface area (Å²) in [7, 11) is -5.93. The number of anilines is 1. The second-order valence-electron chi connectivity index (χ2n) is 24.8. The van der Waals surface area contributed by atoms with Crippen molar-refractivity contribution in [1.82, 2.24) is 40.9 Å². The largest absolute Gasteiger partial charge is 0.399 e. The molecule has 4 aromatic rings. The number of primary amides is 1. The first-order valence-corrected chi connectivity index (χ1v) is 32.4. The highest BCUT2D eigenvalue weighted by Gasteiger charge is 2.51. The van der Waals surface area contributed by atoms with E-state index in [1.54, 1.807) is 17.0 Å².